The van der Waals surface area contributed by atoms with E-state index in [1.807, 2.05) is 24.3 Å². The first kappa shape index (κ1) is 25.9. The number of methoxy groups -OCH3 is 2. The number of nitrogens with zero attached hydrogens (tertiary/aromatic N) is 2. The standard InChI is InChI=1S/C23H33ClN2O6S/c1-31-18-6-3-17(4-7-18)5-12-22(27)21-16-25(23(28)15-24)13-14-26(21)33(29,30)20-10-8-19(32-2)9-11-20/h3-4,6-7,19-21H,5,8-16H2,1-2H3/t19?,20?,21-/m1/s1. The Kier molecular flexibility index (Phi) is 9.15. The van der Waals surface area contributed by atoms with Crippen molar-refractivity contribution in [3.05, 3.63) is 29.8 Å². The number of piperazine rings is 1. The number of ether oxygens (including phenoxy) is 2. The average molecular weight is 501 g/mol. The summed E-state index contributed by atoms with van der Waals surface area (Å²) in [6.07, 6.45) is 3.12. The number of halogens is 1. The molecule has 1 heterocycles. The molecule has 1 aliphatic carbocycles. The van der Waals surface area contributed by atoms with Gasteiger partial charge in [-0.3, -0.25) is 9.59 Å². The summed E-state index contributed by atoms with van der Waals surface area (Å²) in [6, 6.07) is 6.54. The molecule has 0 N–H and O–H groups in total. The van der Waals surface area contributed by atoms with Gasteiger partial charge in [0.2, 0.25) is 15.9 Å². The Balaban J connectivity index is 1.74. The molecule has 1 atom stereocenters. The summed E-state index contributed by atoms with van der Waals surface area (Å²) in [5.41, 5.74) is 0.959. The highest BCUT2D eigenvalue weighted by Gasteiger charge is 2.44. The maximum absolute atomic E-state index is 13.5. The second-order valence-electron chi connectivity index (χ2n) is 8.59. The number of carbonyl (C=O) groups excluding carboxylic acids is 2. The van der Waals surface area contributed by atoms with Crippen molar-refractivity contribution in [1.29, 1.82) is 0 Å². The largest absolute Gasteiger partial charge is 0.497 e. The number of sulfonamides is 1. The van der Waals surface area contributed by atoms with E-state index in [-0.39, 0.29) is 49.7 Å². The molecule has 1 amide bonds. The highest BCUT2D eigenvalue weighted by atomic mass is 35.5. The Morgan fingerprint density at radius 2 is 1.73 bits per heavy atom. The fourth-order valence-corrected chi connectivity index (χ4v) is 6.92. The first-order valence-corrected chi connectivity index (χ1v) is 13.4. The van der Waals surface area contributed by atoms with Crippen molar-refractivity contribution in [1.82, 2.24) is 9.21 Å². The summed E-state index contributed by atoms with van der Waals surface area (Å²) < 4.78 is 38.9. The van der Waals surface area contributed by atoms with Crippen LogP contribution < -0.4 is 4.74 Å². The fraction of sp³-hybridized carbons (Fsp3) is 0.652. The van der Waals surface area contributed by atoms with Gasteiger partial charge in [0.05, 0.1) is 18.5 Å². The van der Waals surface area contributed by atoms with Crippen LogP contribution in [0.25, 0.3) is 0 Å². The molecule has 0 bridgehead atoms. The Morgan fingerprint density at radius 3 is 2.30 bits per heavy atom. The van der Waals surface area contributed by atoms with Crippen LogP contribution in [0.4, 0.5) is 0 Å². The van der Waals surface area contributed by atoms with Crippen molar-refractivity contribution in [2.75, 3.05) is 39.7 Å². The van der Waals surface area contributed by atoms with Crippen molar-refractivity contribution < 1.29 is 27.5 Å². The predicted molar refractivity (Wildman–Crippen MR) is 126 cm³/mol. The zero-order valence-corrected chi connectivity index (χ0v) is 20.8. The van der Waals surface area contributed by atoms with Gasteiger partial charge in [-0.15, -0.1) is 11.6 Å². The highest BCUT2D eigenvalue weighted by Crippen LogP contribution is 2.30. The lowest BCUT2D eigenvalue weighted by atomic mass is 9.97. The first-order valence-electron chi connectivity index (χ1n) is 11.3. The molecule has 184 valence electrons. The third-order valence-corrected chi connectivity index (χ3v) is 9.33. The topological polar surface area (TPSA) is 93.2 Å². The third kappa shape index (κ3) is 6.26. The van der Waals surface area contributed by atoms with Crippen LogP contribution in [-0.4, -0.2) is 86.4 Å². The monoisotopic (exact) mass is 500 g/mol. The summed E-state index contributed by atoms with van der Waals surface area (Å²) in [4.78, 5) is 27.0. The molecule has 1 aromatic carbocycles. The summed E-state index contributed by atoms with van der Waals surface area (Å²) >= 11 is 5.72. The maximum atomic E-state index is 13.5. The molecule has 0 radical (unpaired) electrons. The molecule has 1 saturated carbocycles. The summed E-state index contributed by atoms with van der Waals surface area (Å²) in [7, 11) is -0.457. The molecule has 33 heavy (non-hydrogen) atoms. The smallest absolute Gasteiger partial charge is 0.237 e. The van der Waals surface area contributed by atoms with E-state index in [0.29, 0.717) is 32.1 Å². The van der Waals surface area contributed by atoms with E-state index in [1.54, 1.807) is 14.2 Å². The van der Waals surface area contributed by atoms with Gasteiger partial charge < -0.3 is 14.4 Å². The number of ketones is 1. The number of Topliss-reactive ketones (excluding diaryl/α,β-unsaturated/α-hetero) is 1. The molecule has 0 spiro atoms. The molecule has 0 unspecified atom stereocenters. The molecule has 2 aliphatic rings. The number of amides is 1. The SMILES string of the molecule is COc1ccc(CCC(=O)[C@H]2CN(C(=O)CCl)CCN2S(=O)(=O)C2CCC(OC)CC2)cc1. The Hall–Kier alpha value is -1.68. The highest BCUT2D eigenvalue weighted by molar-refractivity contribution is 7.89. The van der Waals surface area contributed by atoms with Gasteiger partial charge in [0.15, 0.2) is 5.78 Å². The van der Waals surface area contributed by atoms with E-state index in [2.05, 4.69) is 0 Å². The Morgan fingerprint density at radius 1 is 1.06 bits per heavy atom. The number of carbonyl (C=O) groups is 2. The van der Waals surface area contributed by atoms with Gasteiger partial charge in [0, 0.05) is 33.2 Å². The number of alkyl halides is 1. The molecule has 1 aromatic rings. The van der Waals surface area contributed by atoms with Crippen molar-refractivity contribution in [3.8, 4) is 5.75 Å². The normalized spacial score (nSPS) is 24.5. The fourth-order valence-electron chi connectivity index (χ4n) is 4.63. The van der Waals surface area contributed by atoms with Gasteiger partial charge in [-0.25, -0.2) is 8.42 Å². The molecule has 2 fully saturated rings. The second kappa shape index (κ2) is 11.6. The van der Waals surface area contributed by atoms with Gasteiger partial charge in [0.1, 0.15) is 17.7 Å². The first-order chi connectivity index (χ1) is 15.8. The lowest BCUT2D eigenvalue weighted by Gasteiger charge is -2.42. The minimum atomic E-state index is -3.69. The zero-order chi connectivity index (χ0) is 24.0. The summed E-state index contributed by atoms with van der Waals surface area (Å²) in [5.74, 6) is 0.0583. The molecule has 8 nitrogen and oxygen atoms in total. The molecule has 10 heteroatoms. The number of aryl methyl sites for hydroxylation is 1. The van der Waals surface area contributed by atoms with Crippen molar-refractivity contribution in [2.24, 2.45) is 0 Å². The van der Waals surface area contributed by atoms with E-state index in [0.717, 1.165) is 11.3 Å². The van der Waals surface area contributed by atoms with Crippen LogP contribution in [0.2, 0.25) is 0 Å². The van der Waals surface area contributed by atoms with Gasteiger partial charge in [0.25, 0.3) is 0 Å². The Labute approximate surface area is 201 Å². The third-order valence-electron chi connectivity index (χ3n) is 6.69. The molecule has 1 saturated heterocycles. The van der Waals surface area contributed by atoms with Crippen LogP contribution in [0, 0.1) is 0 Å². The van der Waals surface area contributed by atoms with Crippen LogP contribution in [0.3, 0.4) is 0 Å². The van der Waals surface area contributed by atoms with Crippen molar-refractivity contribution in [3.63, 3.8) is 0 Å². The van der Waals surface area contributed by atoms with E-state index in [1.165, 1.54) is 9.21 Å². The average Bonchev–Trinajstić information content (AvgIpc) is 2.86. The number of benzene rings is 1. The van der Waals surface area contributed by atoms with Gasteiger partial charge >= 0.3 is 0 Å². The van der Waals surface area contributed by atoms with Crippen LogP contribution in [0.1, 0.15) is 37.7 Å². The van der Waals surface area contributed by atoms with Gasteiger partial charge in [-0.1, -0.05) is 12.1 Å². The van der Waals surface area contributed by atoms with Crippen LogP contribution in [0.5, 0.6) is 5.75 Å². The minimum absolute atomic E-state index is 0.0413. The summed E-state index contributed by atoms with van der Waals surface area (Å²) in [5, 5.41) is -0.531. The van der Waals surface area contributed by atoms with E-state index >= 15 is 0 Å². The molecule has 0 aromatic heterocycles. The van der Waals surface area contributed by atoms with E-state index in [4.69, 9.17) is 21.1 Å². The second-order valence-corrected chi connectivity index (χ2v) is 11.0. The molecule has 1 aliphatic heterocycles. The van der Waals surface area contributed by atoms with Crippen LogP contribution >= 0.6 is 11.6 Å². The zero-order valence-electron chi connectivity index (χ0n) is 19.2. The van der Waals surface area contributed by atoms with Crippen molar-refractivity contribution in [2.45, 2.75) is 55.9 Å². The van der Waals surface area contributed by atoms with Gasteiger partial charge in [-0.05, 0) is 49.8 Å². The van der Waals surface area contributed by atoms with Crippen molar-refractivity contribution >= 4 is 33.3 Å². The quantitative estimate of drug-likeness (QED) is 0.483. The van der Waals surface area contributed by atoms with Crippen LogP contribution in [-0.2, 0) is 30.8 Å². The predicted octanol–water partition coefficient (Wildman–Crippen LogP) is 2.24. The lowest BCUT2D eigenvalue weighted by Crippen LogP contribution is -2.61. The molecule has 3 rings (SSSR count). The van der Waals surface area contributed by atoms with Crippen LogP contribution in [0.15, 0.2) is 24.3 Å². The maximum Gasteiger partial charge on any atom is 0.237 e. The molecular weight excluding hydrogens is 468 g/mol. The minimum Gasteiger partial charge on any atom is -0.497 e. The Bertz CT molecular complexity index is 915. The number of hydrogen-bond acceptors (Lipinski definition) is 6. The number of hydrogen-bond donors (Lipinski definition) is 0. The number of rotatable bonds is 9. The van der Waals surface area contributed by atoms with E-state index < -0.39 is 21.3 Å². The molecular formula is C23H33ClN2O6S. The lowest BCUT2D eigenvalue weighted by molar-refractivity contribution is -0.133. The van der Waals surface area contributed by atoms with E-state index in [9.17, 15) is 18.0 Å². The van der Waals surface area contributed by atoms with Gasteiger partial charge in [-0.2, -0.15) is 4.31 Å². The summed E-state index contributed by atoms with van der Waals surface area (Å²) in [6.45, 7) is 0.383.